The highest BCUT2D eigenvalue weighted by Crippen LogP contribution is 2.35. The molecule has 3 rings (SSSR count). The van der Waals surface area contributed by atoms with E-state index in [9.17, 15) is 22.8 Å². The molecule has 2 aromatic carbocycles. The van der Waals surface area contributed by atoms with Crippen LogP contribution in [0.4, 0.5) is 13.2 Å². The zero-order valence-corrected chi connectivity index (χ0v) is 13.4. The van der Waals surface area contributed by atoms with E-state index in [2.05, 4.69) is 14.7 Å². The first kappa shape index (κ1) is 18.2. The Hall–Kier alpha value is -3.62. The van der Waals surface area contributed by atoms with Crippen molar-refractivity contribution in [3.8, 4) is 28.1 Å². The predicted octanol–water partition coefficient (Wildman–Crippen LogP) is 3.54. The summed E-state index contributed by atoms with van der Waals surface area (Å²) >= 11 is 0. The number of rotatable bonds is 5. The molecule has 0 aliphatic carbocycles. The third-order valence-electron chi connectivity index (χ3n) is 3.62. The van der Waals surface area contributed by atoms with Gasteiger partial charge in [-0.3, -0.25) is 4.79 Å². The lowest BCUT2D eigenvalue weighted by molar-refractivity contribution is -0.0495. The Bertz CT molecular complexity index is 1070. The number of hydrogen-bond acceptors (Lipinski definition) is 4. The van der Waals surface area contributed by atoms with Gasteiger partial charge >= 0.3 is 12.6 Å². The molecule has 0 amide bonds. The molecule has 0 saturated heterocycles. The molecule has 0 spiro atoms. The first-order valence-electron chi connectivity index (χ1n) is 7.54. The summed E-state index contributed by atoms with van der Waals surface area (Å²) in [6.07, 6.45) is 0.948. The molecule has 9 heteroatoms. The van der Waals surface area contributed by atoms with Crippen molar-refractivity contribution in [3.63, 3.8) is 0 Å². The van der Waals surface area contributed by atoms with Crippen LogP contribution in [0.2, 0.25) is 0 Å². The van der Waals surface area contributed by atoms with Crippen molar-refractivity contribution in [1.82, 2.24) is 9.97 Å². The second-order valence-electron chi connectivity index (χ2n) is 5.34. The number of carboxylic acids is 1. The molecule has 0 aliphatic rings. The van der Waals surface area contributed by atoms with E-state index in [1.165, 1.54) is 36.4 Å². The fourth-order valence-electron chi connectivity index (χ4n) is 2.51. The fourth-order valence-corrected chi connectivity index (χ4v) is 2.51. The number of aromatic amines is 1. The number of ether oxygens (including phenoxy) is 1. The number of alkyl halides is 2. The molecule has 138 valence electrons. The Balaban J connectivity index is 2.15. The largest absolute Gasteiger partial charge is 0.476 e. The summed E-state index contributed by atoms with van der Waals surface area (Å²) in [5.74, 6) is -2.51. The van der Waals surface area contributed by atoms with Crippen molar-refractivity contribution in [2.75, 3.05) is 0 Å². The van der Waals surface area contributed by atoms with Crippen LogP contribution in [0.1, 0.15) is 10.5 Å². The highest BCUT2D eigenvalue weighted by atomic mass is 19.3. The van der Waals surface area contributed by atoms with E-state index in [0.29, 0.717) is 0 Å². The molecule has 1 aromatic heterocycles. The predicted molar refractivity (Wildman–Crippen MR) is 89.3 cm³/mol. The number of carboxylic acid groups (broad SMARTS) is 1. The van der Waals surface area contributed by atoms with Crippen LogP contribution in [0.15, 0.2) is 53.5 Å². The third kappa shape index (κ3) is 3.81. The molecule has 2 N–H and O–H groups in total. The van der Waals surface area contributed by atoms with E-state index in [0.717, 1.165) is 12.3 Å². The number of nitrogens with zero attached hydrogens (tertiary/aromatic N) is 1. The summed E-state index contributed by atoms with van der Waals surface area (Å²) in [6.45, 7) is -3.15. The van der Waals surface area contributed by atoms with Crippen LogP contribution in [0.25, 0.3) is 22.4 Å². The Kier molecular flexibility index (Phi) is 4.93. The number of benzene rings is 2. The van der Waals surface area contributed by atoms with E-state index in [1.54, 1.807) is 0 Å². The molecule has 6 nitrogen and oxygen atoms in total. The molecule has 3 aromatic rings. The van der Waals surface area contributed by atoms with Gasteiger partial charge in [0, 0.05) is 11.8 Å². The Morgan fingerprint density at radius 3 is 2.56 bits per heavy atom. The summed E-state index contributed by atoms with van der Waals surface area (Å²) in [7, 11) is 0. The van der Waals surface area contributed by atoms with Crippen LogP contribution < -0.4 is 10.3 Å². The lowest BCUT2D eigenvalue weighted by atomic mass is 10.0. The van der Waals surface area contributed by atoms with E-state index in [4.69, 9.17) is 5.11 Å². The van der Waals surface area contributed by atoms with Gasteiger partial charge in [-0.15, -0.1) is 0 Å². The molecular weight excluding hydrogens is 365 g/mol. The summed E-state index contributed by atoms with van der Waals surface area (Å²) in [5, 5.41) is 9.01. The zero-order valence-electron chi connectivity index (χ0n) is 13.4. The van der Waals surface area contributed by atoms with Crippen LogP contribution in [-0.4, -0.2) is 27.7 Å². The molecule has 1 heterocycles. The lowest BCUT2D eigenvalue weighted by Crippen LogP contribution is -2.15. The van der Waals surface area contributed by atoms with Gasteiger partial charge in [0.25, 0.3) is 5.56 Å². The minimum atomic E-state index is -3.15. The van der Waals surface area contributed by atoms with Gasteiger partial charge in [-0.2, -0.15) is 8.78 Å². The normalized spacial score (nSPS) is 10.8. The highest BCUT2D eigenvalue weighted by Gasteiger charge is 2.17. The standard InChI is InChI=1S/C18H11F3N2O4/c19-11-5-2-6-13(27-18(20)21)14(11)9-3-1-4-10(7-9)15-16(24)22-8-12(23-15)17(25)26/h1-8,18H,(H,22,24)(H,25,26). The Morgan fingerprint density at radius 1 is 1.15 bits per heavy atom. The molecule has 0 aliphatic heterocycles. The van der Waals surface area contributed by atoms with Crippen molar-refractivity contribution >= 4 is 5.97 Å². The molecule has 0 fully saturated rings. The summed E-state index contributed by atoms with van der Waals surface area (Å²) in [6, 6.07) is 9.18. The van der Waals surface area contributed by atoms with Gasteiger partial charge in [0.05, 0.1) is 5.56 Å². The van der Waals surface area contributed by atoms with Crippen molar-refractivity contribution in [2.45, 2.75) is 6.61 Å². The van der Waals surface area contributed by atoms with Crippen LogP contribution >= 0.6 is 0 Å². The number of carbonyl (C=O) groups is 1. The molecular formula is C18H11F3N2O4. The molecule has 0 saturated carbocycles. The summed E-state index contributed by atoms with van der Waals surface area (Å²) in [4.78, 5) is 29.1. The first-order chi connectivity index (χ1) is 12.9. The van der Waals surface area contributed by atoms with Crippen LogP contribution in [0.5, 0.6) is 5.75 Å². The minimum Gasteiger partial charge on any atom is -0.476 e. The maximum absolute atomic E-state index is 14.3. The number of aromatic nitrogens is 2. The van der Waals surface area contributed by atoms with Crippen molar-refractivity contribution < 1.29 is 27.8 Å². The van der Waals surface area contributed by atoms with Gasteiger partial charge in [-0.05, 0) is 23.8 Å². The maximum Gasteiger partial charge on any atom is 0.387 e. The van der Waals surface area contributed by atoms with Crippen molar-refractivity contribution in [1.29, 1.82) is 0 Å². The number of H-pyrrole nitrogens is 1. The lowest BCUT2D eigenvalue weighted by Gasteiger charge is -2.12. The van der Waals surface area contributed by atoms with Gasteiger partial charge in [-0.1, -0.05) is 24.3 Å². The molecule has 0 unspecified atom stereocenters. The Labute approximate surface area is 149 Å². The molecule has 0 radical (unpaired) electrons. The van der Waals surface area contributed by atoms with Crippen molar-refractivity contribution in [2.24, 2.45) is 0 Å². The fraction of sp³-hybridized carbons (Fsp3) is 0.0556. The summed E-state index contributed by atoms with van der Waals surface area (Å²) < 4.78 is 43.9. The van der Waals surface area contributed by atoms with E-state index < -0.39 is 24.0 Å². The number of nitrogens with one attached hydrogen (secondary N) is 1. The number of hydrogen-bond donors (Lipinski definition) is 2. The number of aromatic carboxylic acids is 1. The first-order valence-corrected chi connectivity index (χ1v) is 7.54. The smallest absolute Gasteiger partial charge is 0.387 e. The van der Waals surface area contributed by atoms with Crippen molar-refractivity contribution in [3.05, 3.63) is 70.5 Å². The molecule has 0 bridgehead atoms. The van der Waals surface area contributed by atoms with Gasteiger partial charge in [0.2, 0.25) is 0 Å². The minimum absolute atomic E-state index is 0.156. The maximum atomic E-state index is 14.3. The zero-order chi connectivity index (χ0) is 19.6. The van der Waals surface area contributed by atoms with Crippen LogP contribution in [0, 0.1) is 5.82 Å². The second kappa shape index (κ2) is 7.32. The van der Waals surface area contributed by atoms with E-state index >= 15 is 0 Å². The van der Waals surface area contributed by atoms with Crippen LogP contribution in [-0.2, 0) is 0 Å². The SMILES string of the molecule is O=C(O)c1c[nH]c(=O)c(-c2cccc(-c3c(F)cccc3OC(F)F)c2)n1. The topological polar surface area (TPSA) is 92.3 Å². The molecule has 27 heavy (non-hydrogen) atoms. The quantitative estimate of drug-likeness (QED) is 0.711. The molecule has 0 atom stereocenters. The second-order valence-corrected chi connectivity index (χ2v) is 5.34. The highest BCUT2D eigenvalue weighted by molar-refractivity contribution is 5.85. The van der Waals surface area contributed by atoms with Gasteiger partial charge in [-0.25, -0.2) is 14.2 Å². The average Bonchev–Trinajstić information content (AvgIpc) is 2.61. The van der Waals surface area contributed by atoms with E-state index in [1.807, 2.05) is 0 Å². The number of halogens is 3. The Morgan fingerprint density at radius 2 is 1.85 bits per heavy atom. The summed E-state index contributed by atoms with van der Waals surface area (Å²) in [5.41, 5.74) is -1.13. The van der Waals surface area contributed by atoms with Gasteiger partial charge in [0.15, 0.2) is 5.69 Å². The van der Waals surface area contributed by atoms with E-state index in [-0.39, 0.29) is 33.8 Å². The van der Waals surface area contributed by atoms with Gasteiger partial charge < -0.3 is 14.8 Å². The van der Waals surface area contributed by atoms with Gasteiger partial charge in [0.1, 0.15) is 17.3 Å². The van der Waals surface area contributed by atoms with Crippen LogP contribution in [0.3, 0.4) is 0 Å². The third-order valence-corrected chi connectivity index (χ3v) is 3.62. The monoisotopic (exact) mass is 376 g/mol. The average molecular weight is 376 g/mol.